The van der Waals surface area contributed by atoms with E-state index >= 15 is 0 Å². The van der Waals surface area contributed by atoms with Crippen molar-refractivity contribution >= 4 is 21.6 Å². The molecule has 5 rings (SSSR count). The van der Waals surface area contributed by atoms with E-state index in [1.807, 2.05) is 22.4 Å². The molecule has 0 spiro atoms. The molecule has 0 radical (unpaired) electrons. The zero-order chi connectivity index (χ0) is 16.3. The third kappa shape index (κ3) is 2.08. The van der Waals surface area contributed by atoms with E-state index in [-0.39, 0.29) is 11.6 Å². The SMILES string of the molecule is Cn1ccnc1[C@H](C1CC1)n1cnc2sc3c(c2c1=O)CCNC3. The summed E-state index contributed by atoms with van der Waals surface area (Å²) in [6.07, 6.45) is 8.69. The van der Waals surface area contributed by atoms with Crippen LogP contribution in [0.5, 0.6) is 0 Å². The van der Waals surface area contributed by atoms with Crippen LogP contribution in [0.25, 0.3) is 10.2 Å². The molecule has 4 heterocycles. The van der Waals surface area contributed by atoms with Crippen molar-refractivity contribution in [2.24, 2.45) is 13.0 Å². The first-order valence-electron chi connectivity index (χ1n) is 8.43. The first kappa shape index (κ1) is 14.4. The fraction of sp³-hybridized carbons (Fsp3) is 0.471. The molecular weight excluding hydrogens is 322 g/mol. The van der Waals surface area contributed by atoms with Crippen LogP contribution in [0.15, 0.2) is 23.5 Å². The molecule has 6 nitrogen and oxygen atoms in total. The molecular formula is C17H19N5OS. The van der Waals surface area contributed by atoms with Gasteiger partial charge in [0.2, 0.25) is 0 Å². The highest BCUT2D eigenvalue weighted by molar-refractivity contribution is 7.18. The second-order valence-electron chi connectivity index (χ2n) is 6.75. The number of fused-ring (bicyclic) bond motifs is 3. The summed E-state index contributed by atoms with van der Waals surface area (Å²) in [5.74, 6) is 1.44. The Morgan fingerprint density at radius 1 is 1.38 bits per heavy atom. The van der Waals surface area contributed by atoms with Gasteiger partial charge in [-0.05, 0) is 37.3 Å². The topological polar surface area (TPSA) is 64.7 Å². The Morgan fingerprint density at radius 3 is 3.00 bits per heavy atom. The van der Waals surface area contributed by atoms with E-state index in [4.69, 9.17) is 0 Å². The summed E-state index contributed by atoms with van der Waals surface area (Å²) >= 11 is 1.65. The van der Waals surface area contributed by atoms with Crippen LogP contribution in [0, 0.1) is 5.92 Å². The molecule has 7 heteroatoms. The summed E-state index contributed by atoms with van der Waals surface area (Å²) in [6, 6.07) is -0.00772. The summed E-state index contributed by atoms with van der Waals surface area (Å²) in [6.45, 7) is 1.78. The van der Waals surface area contributed by atoms with Gasteiger partial charge in [-0.3, -0.25) is 9.36 Å². The fourth-order valence-corrected chi connectivity index (χ4v) is 4.91. The van der Waals surface area contributed by atoms with Gasteiger partial charge in [-0.15, -0.1) is 11.3 Å². The minimum atomic E-state index is -0.00772. The lowest BCUT2D eigenvalue weighted by Crippen LogP contribution is -2.30. The molecule has 24 heavy (non-hydrogen) atoms. The predicted octanol–water partition coefficient (Wildman–Crippen LogP) is 1.84. The molecule has 0 aromatic carbocycles. The van der Waals surface area contributed by atoms with Gasteiger partial charge in [-0.2, -0.15) is 0 Å². The van der Waals surface area contributed by atoms with E-state index < -0.39 is 0 Å². The van der Waals surface area contributed by atoms with E-state index in [9.17, 15) is 4.79 Å². The van der Waals surface area contributed by atoms with E-state index in [2.05, 4.69) is 15.3 Å². The van der Waals surface area contributed by atoms with Gasteiger partial charge in [0, 0.05) is 30.9 Å². The van der Waals surface area contributed by atoms with E-state index in [0.717, 1.165) is 48.4 Å². The Kier molecular flexibility index (Phi) is 3.14. The Morgan fingerprint density at radius 2 is 2.25 bits per heavy atom. The number of aromatic nitrogens is 4. The predicted molar refractivity (Wildman–Crippen MR) is 93.4 cm³/mol. The summed E-state index contributed by atoms with van der Waals surface area (Å²) in [5, 5.41) is 4.21. The second kappa shape index (κ2) is 5.26. The molecule has 0 amide bonds. The van der Waals surface area contributed by atoms with Crippen molar-refractivity contribution in [2.45, 2.75) is 31.8 Å². The maximum absolute atomic E-state index is 13.3. The highest BCUT2D eigenvalue weighted by Gasteiger charge is 2.37. The molecule has 0 saturated heterocycles. The molecule has 1 saturated carbocycles. The van der Waals surface area contributed by atoms with Gasteiger partial charge in [0.1, 0.15) is 10.7 Å². The minimum Gasteiger partial charge on any atom is -0.336 e. The maximum Gasteiger partial charge on any atom is 0.263 e. The van der Waals surface area contributed by atoms with Crippen LogP contribution in [0.1, 0.15) is 35.1 Å². The van der Waals surface area contributed by atoms with E-state index in [1.165, 1.54) is 10.4 Å². The normalized spacial score (nSPS) is 18.7. The van der Waals surface area contributed by atoms with Crippen LogP contribution in [0.4, 0.5) is 0 Å². The molecule has 3 aromatic rings. The number of rotatable bonds is 3. The first-order valence-corrected chi connectivity index (χ1v) is 9.25. The van der Waals surface area contributed by atoms with Crippen LogP contribution in [0.2, 0.25) is 0 Å². The van der Waals surface area contributed by atoms with Crippen molar-refractivity contribution in [3.05, 3.63) is 45.3 Å². The number of nitrogens with zero attached hydrogens (tertiary/aromatic N) is 4. The third-order valence-corrected chi connectivity index (χ3v) is 6.29. The van der Waals surface area contributed by atoms with Gasteiger partial charge in [0.15, 0.2) is 0 Å². The van der Waals surface area contributed by atoms with Crippen LogP contribution < -0.4 is 10.9 Å². The number of hydrogen-bond donors (Lipinski definition) is 1. The molecule has 0 bridgehead atoms. The van der Waals surface area contributed by atoms with Crippen molar-refractivity contribution in [3.8, 4) is 0 Å². The largest absolute Gasteiger partial charge is 0.336 e. The Hall–Kier alpha value is -1.99. The van der Waals surface area contributed by atoms with Crippen LogP contribution in [-0.2, 0) is 20.0 Å². The molecule has 1 fully saturated rings. The average molecular weight is 341 g/mol. The van der Waals surface area contributed by atoms with Crippen molar-refractivity contribution in [3.63, 3.8) is 0 Å². The molecule has 1 N–H and O–H groups in total. The molecule has 3 aromatic heterocycles. The Bertz CT molecular complexity index is 981. The van der Waals surface area contributed by atoms with Gasteiger partial charge in [-0.25, -0.2) is 9.97 Å². The number of hydrogen-bond acceptors (Lipinski definition) is 5. The Labute approximate surface area is 143 Å². The summed E-state index contributed by atoms with van der Waals surface area (Å²) in [5.41, 5.74) is 1.30. The lowest BCUT2D eigenvalue weighted by Gasteiger charge is -2.19. The zero-order valence-corrected chi connectivity index (χ0v) is 14.3. The van der Waals surface area contributed by atoms with Crippen LogP contribution in [0.3, 0.4) is 0 Å². The molecule has 1 atom stereocenters. The lowest BCUT2D eigenvalue weighted by atomic mass is 10.1. The van der Waals surface area contributed by atoms with Gasteiger partial charge in [0.05, 0.1) is 17.8 Å². The molecule has 1 aliphatic carbocycles. The van der Waals surface area contributed by atoms with Crippen LogP contribution in [-0.4, -0.2) is 25.6 Å². The number of nitrogens with one attached hydrogen (secondary N) is 1. The summed E-state index contributed by atoms with van der Waals surface area (Å²) in [4.78, 5) is 24.6. The third-order valence-electron chi connectivity index (χ3n) is 5.15. The Balaban J connectivity index is 1.73. The summed E-state index contributed by atoms with van der Waals surface area (Å²) < 4.78 is 3.85. The van der Waals surface area contributed by atoms with E-state index in [0.29, 0.717) is 5.92 Å². The van der Waals surface area contributed by atoms with Gasteiger partial charge in [0.25, 0.3) is 5.56 Å². The lowest BCUT2D eigenvalue weighted by molar-refractivity contribution is 0.463. The monoisotopic (exact) mass is 341 g/mol. The standard InChI is InChI=1S/C17H19N5OS/c1-21-7-6-19-15(21)14(10-2-3-10)22-9-20-16-13(17(22)23)11-4-5-18-8-12(11)24-16/h6-7,9-10,14,18H,2-5,8H2,1H3/t14-/m0/s1. The van der Waals surface area contributed by atoms with Crippen molar-refractivity contribution < 1.29 is 0 Å². The van der Waals surface area contributed by atoms with E-state index in [1.54, 1.807) is 23.9 Å². The van der Waals surface area contributed by atoms with Crippen molar-refractivity contribution in [1.29, 1.82) is 0 Å². The van der Waals surface area contributed by atoms with Crippen molar-refractivity contribution in [2.75, 3.05) is 6.54 Å². The molecule has 0 unspecified atom stereocenters. The smallest absolute Gasteiger partial charge is 0.263 e. The summed E-state index contributed by atoms with van der Waals surface area (Å²) in [7, 11) is 1.99. The number of thiophene rings is 1. The second-order valence-corrected chi connectivity index (χ2v) is 7.83. The van der Waals surface area contributed by atoms with Gasteiger partial charge in [-0.1, -0.05) is 0 Å². The quantitative estimate of drug-likeness (QED) is 0.789. The highest BCUT2D eigenvalue weighted by atomic mass is 32.1. The molecule has 2 aliphatic rings. The maximum atomic E-state index is 13.3. The number of aryl methyl sites for hydroxylation is 1. The molecule has 1 aliphatic heterocycles. The van der Waals surface area contributed by atoms with Crippen molar-refractivity contribution in [1.82, 2.24) is 24.4 Å². The van der Waals surface area contributed by atoms with Gasteiger partial charge >= 0.3 is 0 Å². The fourth-order valence-electron chi connectivity index (χ4n) is 3.76. The first-order chi connectivity index (χ1) is 11.7. The molecule has 124 valence electrons. The van der Waals surface area contributed by atoms with Gasteiger partial charge < -0.3 is 9.88 Å². The van der Waals surface area contributed by atoms with Crippen LogP contribution >= 0.6 is 11.3 Å². The zero-order valence-electron chi connectivity index (χ0n) is 13.5. The highest BCUT2D eigenvalue weighted by Crippen LogP contribution is 2.42. The average Bonchev–Trinajstić information content (AvgIpc) is 3.21. The number of imidazole rings is 1. The minimum absolute atomic E-state index is 0.00772.